The van der Waals surface area contributed by atoms with Crippen LogP contribution in [0.3, 0.4) is 0 Å². The molecule has 104 valence electrons. The minimum Gasteiger partial charge on any atom is -0.493 e. The van der Waals surface area contributed by atoms with Gasteiger partial charge < -0.3 is 14.8 Å². The van der Waals surface area contributed by atoms with E-state index in [0.717, 1.165) is 17.9 Å². The number of fused-ring (bicyclic) bond motifs is 1. The predicted molar refractivity (Wildman–Crippen MR) is 73.9 cm³/mol. The van der Waals surface area contributed by atoms with Crippen molar-refractivity contribution in [2.24, 2.45) is 0 Å². The van der Waals surface area contributed by atoms with E-state index in [2.05, 4.69) is 19.2 Å². The van der Waals surface area contributed by atoms with Crippen LogP contribution in [0.4, 0.5) is 0 Å². The van der Waals surface area contributed by atoms with Crippen molar-refractivity contribution in [3.63, 3.8) is 0 Å². The molecule has 1 unspecified atom stereocenters. The van der Waals surface area contributed by atoms with Crippen molar-refractivity contribution in [3.05, 3.63) is 23.3 Å². The Balaban J connectivity index is 2.44. The summed E-state index contributed by atoms with van der Waals surface area (Å²) >= 11 is 0. The maximum atomic E-state index is 11.3. The van der Waals surface area contributed by atoms with Crippen molar-refractivity contribution in [2.75, 3.05) is 14.2 Å². The number of hydrogen-bond donors (Lipinski definition) is 1. The largest absolute Gasteiger partial charge is 0.493 e. The van der Waals surface area contributed by atoms with E-state index in [1.807, 2.05) is 12.1 Å². The first-order valence-electron chi connectivity index (χ1n) is 6.42. The van der Waals surface area contributed by atoms with Crippen LogP contribution in [-0.4, -0.2) is 26.2 Å². The third-order valence-electron chi connectivity index (χ3n) is 3.98. The van der Waals surface area contributed by atoms with Crippen molar-refractivity contribution in [3.8, 4) is 11.5 Å². The van der Waals surface area contributed by atoms with Crippen molar-refractivity contribution in [2.45, 2.75) is 38.6 Å². The molecule has 0 fully saturated rings. The summed E-state index contributed by atoms with van der Waals surface area (Å²) in [4.78, 5) is 11.3. The lowest BCUT2D eigenvalue weighted by Gasteiger charge is -2.28. The molecule has 1 atom stereocenters. The molecular weight excluding hydrogens is 242 g/mol. The number of carbonyl (C=O) groups excluding carboxylic acids is 1. The van der Waals surface area contributed by atoms with Crippen LogP contribution in [0, 0.1) is 0 Å². The maximum Gasteiger partial charge on any atom is 0.217 e. The van der Waals surface area contributed by atoms with Gasteiger partial charge in [0, 0.05) is 18.4 Å². The van der Waals surface area contributed by atoms with Gasteiger partial charge in [0.25, 0.3) is 0 Å². The van der Waals surface area contributed by atoms with Gasteiger partial charge in [0.15, 0.2) is 11.5 Å². The molecule has 0 heterocycles. The summed E-state index contributed by atoms with van der Waals surface area (Å²) in [5.74, 6) is 1.48. The first-order chi connectivity index (χ1) is 8.90. The topological polar surface area (TPSA) is 47.6 Å². The fraction of sp³-hybridized carbons (Fsp3) is 0.533. The average Bonchev–Trinajstić information content (AvgIpc) is 2.58. The van der Waals surface area contributed by atoms with E-state index >= 15 is 0 Å². The minimum absolute atomic E-state index is 0.00445. The normalized spacial score (nSPS) is 19.7. The summed E-state index contributed by atoms with van der Waals surface area (Å²) in [5, 5.41) is 3.03. The molecule has 0 aliphatic heterocycles. The van der Waals surface area contributed by atoms with E-state index in [-0.39, 0.29) is 17.4 Å². The standard InChI is InChI=1S/C15H21NO3/c1-9(17)16-14-7-10-6-12(18-4)13(19-5)8-11(10)15(14,2)3/h6,8,14H,7H2,1-5H3,(H,16,17). The van der Waals surface area contributed by atoms with E-state index in [1.54, 1.807) is 21.1 Å². The highest BCUT2D eigenvalue weighted by atomic mass is 16.5. The molecule has 2 rings (SSSR count). The van der Waals surface area contributed by atoms with Crippen molar-refractivity contribution in [1.82, 2.24) is 5.32 Å². The fourth-order valence-corrected chi connectivity index (χ4v) is 2.83. The number of ether oxygens (including phenoxy) is 2. The zero-order valence-corrected chi connectivity index (χ0v) is 12.2. The lowest BCUT2D eigenvalue weighted by molar-refractivity contribution is -0.120. The summed E-state index contributed by atoms with van der Waals surface area (Å²) in [5.41, 5.74) is 2.31. The van der Waals surface area contributed by atoms with Crippen molar-refractivity contribution in [1.29, 1.82) is 0 Å². The fourth-order valence-electron chi connectivity index (χ4n) is 2.83. The Morgan fingerprint density at radius 1 is 1.26 bits per heavy atom. The second kappa shape index (κ2) is 4.76. The van der Waals surface area contributed by atoms with Gasteiger partial charge in [0.2, 0.25) is 5.91 Å². The van der Waals surface area contributed by atoms with Crippen LogP contribution < -0.4 is 14.8 Å². The maximum absolute atomic E-state index is 11.3. The Bertz CT molecular complexity index is 508. The van der Waals surface area contributed by atoms with Crippen LogP contribution in [0.5, 0.6) is 11.5 Å². The Morgan fingerprint density at radius 3 is 2.37 bits per heavy atom. The van der Waals surface area contributed by atoms with Crippen LogP contribution in [0.15, 0.2) is 12.1 Å². The second-order valence-electron chi connectivity index (χ2n) is 5.54. The predicted octanol–water partition coefficient (Wildman–Crippen LogP) is 2.04. The molecule has 0 radical (unpaired) electrons. The molecule has 0 spiro atoms. The molecule has 19 heavy (non-hydrogen) atoms. The van der Waals surface area contributed by atoms with E-state index in [1.165, 1.54) is 11.1 Å². The molecule has 1 aliphatic rings. The Morgan fingerprint density at radius 2 is 1.84 bits per heavy atom. The highest BCUT2D eigenvalue weighted by Gasteiger charge is 2.40. The van der Waals surface area contributed by atoms with Gasteiger partial charge in [-0.05, 0) is 29.7 Å². The number of benzene rings is 1. The molecule has 4 heteroatoms. The zero-order valence-electron chi connectivity index (χ0n) is 12.2. The Kier molecular flexibility index (Phi) is 3.43. The van der Waals surface area contributed by atoms with Gasteiger partial charge in [-0.15, -0.1) is 0 Å². The van der Waals surface area contributed by atoms with Gasteiger partial charge in [-0.3, -0.25) is 4.79 Å². The van der Waals surface area contributed by atoms with Crippen LogP contribution >= 0.6 is 0 Å². The molecular formula is C15H21NO3. The molecule has 0 bridgehead atoms. The zero-order chi connectivity index (χ0) is 14.2. The lowest BCUT2D eigenvalue weighted by Crippen LogP contribution is -2.44. The highest BCUT2D eigenvalue weighted by molar-refractivity contribution is 5.74. The summed E-state index contributed by atoms with van der Waals surface area (Å²) in [6.45, 7) is 5.84. The van der Waals surface area contributed by atoms with Gasteiger partial charge in [-0.25, -0.2) is 0 Å². The third kappa shape index (κ3) is 2.27. The smallest absolute Gasteiger partial charge is 0.217 e. The monoisotopic (exact) mass is 263 g/mol. The van der Waals surface area contributed by atoms with Crippen LogP contribution in [0.2, 0.25) is 0 Å². The van der Waals surface area contributed by atoms with E-state index in [0.29, 0.717) is 0 Å². The molecule has 1 aromatic carbocycles. The number of rotatable bonds is 3. The van der Waals surface area contributed by atoms with Gasteiger partial charge >= 0.3 is 0 Å². The molecule has 1 N–H and O–H groups in total. The number of carbonyl (C=O) groups is 1. The van der Waals surface area contributed by atoms with Crippen molar-refractivity contribution < 1.29 is 14.3 Å². The average molecular weight is 263 g/mol. The quantitative estimate of drug-likeness (QED) is 0.908. The summed E-state index contributed by atoms with van der Waals surface area (Å²) in [6, 6.07) is 4.14. The van der Waals surface area contributed by atoms with Gasteiger partial charge in [0.05, 0.1) is 14.2 Å². The Labute approximate surface area is 114 Å². The lowest BCUT2D eigenvalue weighted by atomic mass is 9.83. The molecule has 1 aromatic rings. The second-order valence-corrected chi connectivity index (χ2v) is 5.54. The van der Waals surface area contributed by atoms with Crippen LogP contribution in [0.1, 0.15) is 31.9 Å². The highest BCUT2D eigenvalue weighted by Crippen LogP contribution is 2.43. The first-order valence-corrected chi connectivity index (χ1v) is 6.42. The minimum atomic E-state index is -0.111. The van der Waals surface area contributed by atoms with Gasteiger partial charge in [-0.1, -0.05) is 13.8 Å². The van der Waals surface area contributed by atoms with Crippen LogP contribution in [0.25, 0.3) is 0 Å². The van der Waals surface area contributed by atoms with E-state index in [9.17, 15) is 4.79 Å². The number of methoxy groups -OCH3 is 2. The number of nitrogens with one attached hydrogen (secondary N) is 1. The number of hydrogen-bond acceptors (Lipinski definition) is 3. The summed E-state index contributed by atoms with van der Waals surface area (Å²) < 4.78 is 10.7. The van der Waals surface area contributed by atoms with Gasteiger partial charge in [0.1, 0.15) is 0 Å². The third-order valence-corrected chi connectivity index (χ3v) is 3.98. The summed E-state index contributed by atoms with van der Waals surface area (Å²) in [6.07, 6.45) is 0.822. The van der Waals surface area contributed by atoms with E-state index in [4.69, 9.17) is 9.47 Å². The first kappa shape index (κ1) is 13.7. The molecule has 0 saturated heterocycles. The van der Waals surface area contributed by atoms with Crippen LogP contribution in [-0.2, 0) is 16.6 Å². The SMILES string of the molecule is COc1cc2c(cc1OC)C(C)(C)C(NC(C)=O)C2. The van der Waals surface area contributed by atoms with E-state index < -0.39 is 0 Å². The van der Waals surface area contributed by atoms with Gasteiger partial charge in [-0.2, -0.15) is 0 Å². The molecule has 1 amide bonds. The molecule has 0 saturated carbocycles. The van der Waals surface area contributed by atoms with Crippen molar-refractivity contribution >= 4 is 5.91 Å². The number of amides is 1. The Hall–Kier alpha value is -1.71. The summed E-state index contributed by atoms with van der Waals surface area (Å²) in [7, 11) is 3.27. The molecule has 1 aliphatic carbocycles. The molecule has 0 aromatic heterocycles. The molecule has 4 nitrogen and oxygen atoms in total.